The summed E-state index contributed by atoms with van der Waals surface area (Å²) in [5.41, 5.74) is 1.40. The molecule has 3 aromatic rings. The first-order valence-corrected chi connectivity index (χ1v) is 6.30. The van der Waals surface area contributed by atoms with Crippen molar-refractivity contribution in [3.8, 4) is 11.4 Å². The summed E-state index contributed by atoms with van der Waals surface area (Å²) in [6.45, 7) is 0. The van der Waals surface area contributed by atoms with E-state index >= 15 is 0 Å². The smallest absolute Gasteiger partial charge is 0.410 e. The van der Waals surface area contributed by atoms with Gasteiger partial charge < -0.3 is 4.74 Å². The van der Waals surface area contributed by atoms with Gasteiger partial charge in [-0.2, -0.15) is 5.10 Å². The molecule has 0 spiro atoms. The molecule has 6 nitrogen and oxygen atoms in total. The van der Waals surface area contributed by atoms with E-state index in [0.29, 0.717) is 11.4 Å². The number of anilines is 1. The number of carbonyl (C=O) groups is 1. The van der Waals surface area contributed by atoms with E-state index in [-0.39, 0.29) is 0 Å². The van der Waals surface area contributed by atoms with Crippen molar-refractivity contribution in [2.75, 3.05) is 5.32 Å². The summed E-state index contributed by atoms with van der Waals surface area (Å²) in [6.07, 6.45) is 6.03. The van der Waals surface area contributed by atoms with Crippen LogP contribution in [0.1, 0.15) is 0 Å². The van der Waals surface area contributed by atoms with Crippen molar-refractivity contribution in [2.24, 2.45) is 0 Å². The molecule has 0 aliphatic heterocycles. The Morgan fingerprint density at radius 3 is 2.62 bits per heavy atom. The number of nitrogens with one attached hydrogen (secondary N) is 1. The molecule has 0 aliphatic carbocycles. The Labute approximate surface area is 121 Å². The van der Waals surface area contributed by atoms with E-state index in [1.807, 2.05) is 18.2 Å². The number of pyridine rings is 1. The fourth-order valence-electron chi connectivity index (χ4n) is 1.76. The van der Waals surface area contributed by atoms with Gasteiger partial charge in [0.05, 0.1) is 23.8 Å². The predicted molar refractivity (Wildman–Crippen MR) is 77.4 cm³/mol. The fraction of sp³-hybridized carbons (Fsp3) is 0. The number of amides is 1. The van der Waals surface area contributed by atoms with Crippen molar-refractivity contribution in [1.82, 2.24) is 14.8 Å². The lowest BCUT2D eigenvalue weighted by Crippen LogP contribution is -2.16. The van der Waals surface area contributed by atoms with Gasteiger partial charge in [-0.25, -0.2) is 9.48 Å². The van der Waals surface area contributed by atoms with Gasteiger partial charge in [-0.1, -0.05) is 18.2 Å². The maximum Gasteiger partial charge on any atom is 0.417 e. The van der Waals surface area contributed by atoms with E-state index in [1.54, 1.807) is 53.7 Å². The zero-order chi connectivity index (χ0) is 14.5. The standard InChI is InChI=1S/C15H12N4O2/c20-15(21-14-4-2-1-3-5-14)18-12-10-17-19(11-12)13-6-8-16-9-7-13/h1-11H,(H,18,20). The molecule has 0 atom stereocenters. The molecule has 6 heteroatoms. The third-order valence-corrected chi connectivity index (χ3v) is 2.71. The quantitative estimate of drug-likeness (QED) is 0.801. The predicted octanol–water partition coefficient (Wildman–Crippen LogP) is 2.88. The number of aromatic nitrogens is 3. The molecule has 0 unspecified atom stereocenters. The normalized spacial score (nSPS) is 10.1. The summed E-state index contributed by atoms with van der Waals surface area (Å²) >= 11 is 0. The number of para-hydroxylation sites is 1. The molecule has 0 radical (unpaired) electrons. The number of ether oxygens (including phenoxy) is 1. The monoisotopic (exact) mass is 280 g/mol. The summed E-state index contributed by atoms with van der Waals surface area (Å²) in [5.74, 6) is 0.483. The van der Waals surface area contributed by atoms with Crippen LogP contribution < -0.4 is 10.1 Å². The number of hydrogen-bond donors (Lipinski definition) is 1. The highest BCUT2D eigenvalue weighted by atomic mass is 16.6. The van der Waals surface area contributed by atoms with Crippen molar-refractivity contribution < 1.29 is 9.53 Å². The second kappa shape index (κ2) is 5.87. The third kappa shape index (κ3) is 3.24. The third-order valence-electron chi connectivity index (χ3n) is 2.71. The first kappa shape index (κ1) is 12.9. The molecule has 0 bridgehead atoms. The van der Waals surface area contributed by atoms with Crippen LogP contribution in [0.15, 0.2) is 67.3 Å². The van der Waals surface area contributed by atoms with Gasteiger partial charge in [-0.3, -0.25) is 10.3 Å². The van der Waals surface area contributed by atoms with E-state index in [0.717, 1.165) is 5.69 Å². The lowest BCUT2D eigenvalue weighted by molar-refractivity contribution is 0.215. The van der Waals surface area contributed by atoms with E-state index in [9.17, 15) is 4.79 Å². The minimum absolute atomic E-state index is 0.483. The topological polar surface area (TPSA) is 69.0 Å². The Hall–Kier alpha value is -3.15. The maximum atomic E-state index is 11.7. The molecule has 0 saturated heterocycles. The van der Waals surface area contributed by atoms with Crippen molar-refractivity contribution in [2.45, 2.75) is 0 Å². The van der Waals surface area contributed by atoms with E-state index < -0.39 is 6.09 Å². The van der Waals surface area contributed by atoms with E-state index in [1.165, 1.54) is 0 Å². The minimum atomic E-state index is -0.560. The van der Waals surface area contributed by atoms with Crippen molar-refractivity contribution >= 4 is 11.8 Å². The second-order valence-electron chi connectivity index (χ2n) is 4.21. The van der Waals surface area contributed by atoms with Gasteiger partial charge in [-0.15, -0.1) is 0 Å². The Kier molecular flexibility index (Phi) is 3.60. The van der Waals surface area contributed by atoms with E-state index in [4.69, 9.17) is 4.74 Å². The van der Waals surface area contributed by atoms with Gasteiger partial charge in [0.15, 0.2) is 0 Å². The zero-order valence-corrected chi connectivity index (χ0v) is 11.0. The molecular formula is C15H12N4O2. The lowest BCUT2D eigenvalue weighted by atomic mass is 10.3. The van der Waals surface area contributed by atoms with Gasteiger partial charge in [0, 0.05) is 12.4 Å². The Balaban J connectivity index is 1.66. The molecule has 2 heterocycles. The Bertz CT molecular complexity index is 726. The van der Waals surface area contributed by atoms with Crippen LogP contribution >= 0.6 is 0 Å². The first-order chi connectivity index (χ1) is 10.3. The number of carbonyl (C=O) groups excluding carboxylic acids is 1. The summed E-state index contributed by atoms with van der Waals surface area (Å²) in [4.78, 5) is 15.7. The minimum Gasteiger partial charge on any atom is -0.410 e. The molecule has 104 valence electrons. The maximum absolute atomic E-state index is 11.7. The molecule has 2 aromatic heterocycles. The average molecular weight is 280 g/mol. The summed E-state index contributed by atoms with van der Waals surface area (Å²) < 4.78 is 6.77. The van der Waals surface area contributed by atoms with Crippen LogP contribution in [0.3, 0.4) is 0 Å². The van der Waals surface area contributed by atoms with Crippen LogP contribution in [0, 0.1) is 0 Å². The molecule has 0 fully saturated rings. The highest BCUT2D eigenvalue weighted by Crippen LogP contribution is 2.13. The molecule has 3 rings (SSSR count). The highest BCUT2D eigenvalue weighted by Gasteiger charge is 2.07. The molecule has 1 aromatic carbocycles. The van der Waals surface area contributed by atoms with Crippen LogP contribution in [0.25, 0.3) is 5.69 Å². The van der Waals surface area contributed by atoms with E-state index in [2.05, 4.69) is 15.4 Å². The van der Waals surface area contributed by atoms with Crippen molar-refractivity contribution in [1.29, 1.82) is 0 Å². The SMILES string of the molecule is O=C(Nc1cnn(-c2ccncc2)c1)Oc1ccccc1. The number of hydrogen-bond acceptors (Lipinski definition) is 4. The molecular weight excluding hydrogens is 268 g/mol. The van der Waals surface area contributed by atoms with Crippen molar-refractivity contribution in [3.63, 3.8) is 0 Å². The van der Waals surface area contributed by atoms with Gasteiger partial charge in [0.25, 0.3) is 0 Å². The number of nitrogens with zero attached hydrogens (tertiary/aromatic N) is 3. The Morgan fingerprint density at radius 2 is 1.86 bits per heavy atom. The largest absolute Gasteiger partial charge is 0.417 e. The average Bonchev–Trinajstić information content (AvgIpc) is 2.97. The van der Waals surface area contributed by atoms with Crippen molar-refractivity contribution in [3.05, 3.63) is 67.3 Å². The first-order valence-electron chi connectivity index (χ1n) is 6.30. The van der Waals surface area contributed by atoms with Gasteiger partial charge in [0.1, 0.15) is 5.75 Å². The zero-order valence-electron chi connectivity index (χ0n) is 11.0. The van der Waals surface area contributed by atoms with Crippen LogP contribution in [0.4, 0.5) is 10.5 Å². The van der Waals surface area contributed by atoms with Gasteiger partial charge >= 0.3 is 6.09 Å². The summed E-state index contributed by atoms with van der Waals surface area (Å²) in [6, 6.07) is 12.5. The van der Waals surface area contributed by atoms with Crippen LogP contribution in [0.2, 0.25) is 0 Å². The van der Waals surface area contributed by atoms with Gasteiger partial charge in [-0.05, 0) is 24.3 Å². The Morgan fingerprint density at radius 1 is 1.10 bits per heavy atom. The molecule has 0 saturated carbocycles. The summed E-state index contributed by atoms with van der Waals surface area (Å²) in [5, 5.41) is 6.79. The molecule has 0 aliphatic rings. The second-order valence-corrected chi connectivity index (χ2v) is 4.21. The van der Waals surface area contributed by atoms with Crippen LogP contribution in [-0.4, -0.2) is 20.9 Å². The number of rotatable bonds is 3. The fourth-order valence-corrected chi connectivity index (χ4v) is 1.76. The molecule has 1 amide bonds. The highest BCUT2D eigenvalue weighted by molar-refractivity contribution is 5.85. The van der Waals surface area contributed by atoms with Gasteiger partial charge in [0.2, 0.25) is 0 Å². The molecule has 21 heavy (non-hydrogen) atoms. The van der Waals surface area contributed by atoms with Crippen LogP contribution in [0.5, 0.6) is 5.75 Å². The summed E-state index contributed by atoms with van der Waals surface area (Å²) in [7, 11) is 0. The van der Waals surface area contributed by atoms with Crippen LogP contribution in [-0.2, 0) is 0 Å². The number of benzene rings is 1. The lowest BCUT2D eigenvalue weighted by Gasteiger charge is -2.04. The molecule has 1 N–H and O–H groups in total.